The van der Waals surface area contributed by atoms with Gasteiger partial charge in [0.25, 0.3) is 0 Å². The molecule has 24 heavy (non-hydrogen) atoms. The van der Waals surface area contributed by atoms with Gasteiger partial charge in [-0.1, -0.05) is 6.07 Å². The molecule has 0 aromatic heterocycles. The molecule has 0 atom stereocenters. The third kappa shape index (κ3) is 5.01. The predicted molar refractivity (Wildman–Crippen MR) is 95.6 cm³/mol. The van der Waals surface area contributed by atoms with Gasteiger partial charge >= 0.3 is 0 Å². The van der Waals surface area contributed by atoms with Crippen LogP contribution in [0.1, 0.15) is 6.42 Å². The Morgan fingerprint density at radius 3 is 2.17 bits per heavy atom. The molecule has 0 spiro atoms. The zero-order chi connectivity index (χ0) is 17.5. The fourth-order valence-electron chi connectivity index (χ4n) is 2.10. The van der Waals surface area contributed by atoms with E-state index in [4.69, 9.17) is 4.74 Å². The summed E-state index contributed by atoms with van der Waals surface area (Å²) in [5, 5.41) is 5.38. The number of hydrogen-bond acceptors (Lipinski definition) is 4. The molecule has 6 nitrogen and oxygen atoms in total. The van der Waals surface area contributed by atoms with Crippen molar-refractivity contribution < 1.29 is 14.3 Å². The van der Waals surface area contributed by atoms with Crippen LogP contribution in [0.4, 0.5) is 17.1 Å². The molecule has 2 aromatic carbocycles. The van der Waals surface area contributed by atoms with Crippen LogP contribution < -0.4 is 20.3 Å². The average molecular weight is 327 g/mol. The van der Waals surface area contributed by atoms with E-state index in [1.54, 1.807) is 43.5 Å². The van der Waals surface area contributed by atoms with E-state index in [-0.39, 0.29) is 18.2 Å². The lowest BCUT2D eigenvalue weighted by Crippen LogP contribution is -2.21. The summed E-state index contributed by atoms with van der Waals surface area (Å²) < 4.78 is 5.09. The van der Waals surface area contributed by atoms with Crippen LogP contribution in [0.3, 0.4) is 0 Å². The number of methoxy groups -OCH3 is 1. The molecule has 0 aliphatic carbocycles. The van der Waals surface area contributed by atoms with Crippen LogP contribution in [0.25, 0.3) is 0 Å². The van der Waals surface area contributed by atoms with E-state index >= 15 is 0 Å². The molecule has 0 saturated carbocycles. The van der Waals surface area contributed by atoms with Gasteiger partial charge in [0.05, 0.1) is 7.11 Å². The normalized spacial score (nSPS) is 9.96. The topological polar surface area (TPSA) is 70.7 Å². The highest BCUT2D eigenvalue weighted by molar-refractivity contribution is 6.08. The predicted octanol–water partition coefficient (Wildman–Crippen LogP) is 2.73. The molecule has 0 saturated heterocycles. The zero-order valence-electron chi connectivity index (χ0n) is 14.0. The van der Waals surface area contributed by atoms with Gasteiger partial charge in [0.1, 0.15) is 12.2 Å². The Bertz CT molecular complexity index is 712. The number of carbonyl (C=O) groups excluding carboxylic acids is 2. The number of anilines is 3. The maximum absolute atomic E-state index is 11.9. The number of ether oxygens (including phenoxy) is 1. The number of nitrogens with zero attached hydrogens (tertiary/aromatic N) is 1. The number of nitrogens with one attached hydrogen (secondary N) is 2. The van der Waals surface area contributed by atoms with Crippen molar-refractivity contribution in [1.82, 2.24) is 0 Å². The minimum absolute atomic E-state index is 0.257. The second-order valence-corrected chi connectivity index (χ2v) is 5.45. The number of amides is 2. The summed E-state index contributed by atoms with van der Waals surface area (Å²) >= 11 is 0. The van der Waals surface area contributed by atoms with Gasteiger partial charge in [-0.2, -0.15) is 0 Å². The van der Waals surface area contributed by atoms with Gasteiger partial charge in [-0.05, 0) is 36.4 Å². The van der Waals surface area contributed by atoms with Crippen LogP contribution in [0.15, 0.2) is 48.5 Å². The lowest BCUT2D eigenvalue weighted by molar-refractivity contribution is -0.123. The molecule has 0 unspecified atom stereocenters. The van der Waals surface area contributed by atoms with Crippen molar-refractivity contribution >= 4 is 28.9 Å². The zero-order valence-corrected chi connectivity index (χ0v) is 14.0. The Morgan fingerprint density at radius 2 is 1.58 bits per heavy atom. The van der Waals surface area contributed by atoms with E-state index in [9.17, 15) is 9.59 Å². The second kappa shape index (κ2) is 8.01. The first-order chi connectivity index (χ1) is 11.5. The second-order valence-electron chi connectivity index (χ2n) is 5.45. The third-order valence-electron chi connectivity index (χ3n) is 3.34. The van der Waals surface area contributed by atoms with Gasteiger partial charge in [-0.3, -0.25) is 9.59 Å². The molecule has 0 aliphatic heterocycles. The van der Waals surface area contributed by atoms with Crippen molar-refractivity contribution in [2.75, 3.05) is 36.7 Å². The quantitative estimate of drug-likeness (QED) is 0.800. The van der Waals surface area contributed by atoms with Crippen molar-refractivity contribution in [3.05, 3.63) is 48.5 Å². The molecule has 126 valence electrons. The highest BCUT2D eigenvalue weighted by atomic mass is 16.5. The van der Waals surface area contributed by atoms with E-state index in [1.807, 2.05) is 31.1 Å². The number of hydrogen-bond donors (Lipinski definition) is 2. The molecule has 2 rings (SSSR count). The largest absolute Gasteiger partial charge is 0.497 e. The summed E-state index contributed by atoms with van der Waals surface area (Å²) in [6.07, 6.45) is -0.257. The fourth-order valence-corrected chi connectivity index (χ4v) is 2.10. The summed E-state index contributed by atoms with van der Waals surface area (Å²) in [6, 6.07) is 14.4. The van der Waals surface area contributed by atoms with E-state index in [1.165, 1.54) is 0 Å². The SMILES string of the molecule is COc1cccc(NC(=O)CC(=O)Nc2ccc(N(C)C)cc2)c1. The number of carbonyl (C=O) groups is 2. The molecule has 2 aromatic rings. The van der Waals surface area contributed by atoms with Crippen LogP contribution >= 0.6 is 0 Å². The highest BCUT2D eigenvalue weighted by Crippen LogP contribution is 2.17. The minimum Gasteiger partial charge on any atom is -0.497 e. The van der Waals surface area contributed by atoms with E-state index in [0.717, 1.165) is 5.69 Å². The molecule has 0 heterocycles. The summed E-state index contributed by atoms with van der Waals surface area (Å²) in [5.41, 5.74) is 2.27. The van der Waals surface area contributed by atoms with Crippen LogP contribution in [0.2, 0.25) is 0 Å². The van der Waals surface area contributed by atoms with Gasteiger partial charge in [-0.25, -0.2) is 0 Å². The average Bonchev–Trinajstić information content (AvgIpc) is 2.55. The summed E-state index contributed by atoms with van der Waals surface area (Å²) in [4.78, 5) is 25.9. The third-order valence-corrected chi connectivity index (χ3v) is 3.34. The molecule has 6 heteroatoms. The smallest absolute Gasteiger partial charge is 0.233 e. The van der Waals surface area contributed by atoms with Gasteiger partial charge in [0.2, 0.25) is 11.8 Å². The van der Waals surface area contributed by atoms with Gasteiger partial charge in [0, 0.05) is 37.2 Å². The molecule has 0 aliphatic rings. The Balaban J connectivity index is 1.88. The Kier molecular flexibility index (Phi) is 5.78. The van der Waals surface area contributed by atoms with Crippen LogP contribution in [0.5, 0.6) is 5.75 Å². The summed E-state index contributed by atoms with van der Waals surface area (Å²) in [5.74, 6) is -0.114. The van der Waals surface area contributed by atoms with Crippen LogP contribution in [-0.2, 0) is 9.59 Å². The van der Waals surface area contributed by atoms with Crippen LogP contribution in [-0.4, -0.2) is 33.0 Å². The Hall–Kier alpha value is -3.02. The molecule has 2 amide bonds. The standard InChI is InChI=1S/C18H21N3O3/c1-21(2)15-9-7-13(8-10-15)19-17(22)12-18(23)20-14-5-4-6-16(11-14)24-3/h4-11H,12H2,1-3H3,(H,19,22)(H,20,23). The maximum Gasteiger partial charge on any atom is 0.233 e. The van der Waals surface area contributed by atoms with Gasteiger partial charge in [-0.15, -0.1) is 0 Å². The van der Waals surface area contributed by atoms with Gasteiger partial charge < -0.3 is 20.3 Å². The summed E-state index contributed by atoms with van der Waals surface area (Å²) in [6.45, 7) is 0. The van der Waals surface area contributed by atoms with E-state index in [0.29, 0.717) is 17.1 Å². The minimum atomic E-state index is -0.384. The van der Waals surface area contributed by atoms with Gasteiger partial charge in [0.15, 0.2) is 0 Å². The first-order valence-corrected chi connectivity index (χ1v) is 7.49. The van der Waals surface area contributed by atoms with Crippen molar-refractivity contribution in [3.63, 3.8) is 0 Å². The molecule has 0 radical (unpaired) electrons. The van der Waals surface area contributed by atoms with Crippen molar-refractivity contribution in [3.8, 4) is 5.75 Å². The van der Waals surface area contributed by atoms with Crippen molar-refractivity contribution in [2.45, 2.75) is 6.42 Å². The maximum atomic E-state index is 11.9. The highest BCUT2D eigenvalue weighted by Gasteiger charge is 2.10. The molecular weight excluding hydrogens is 306 g/mol. The number of benzene rings is 2. The van der Waals surface area contributed by atoms with E-state index < -0.39 is 0 Å². The molecule has 0 fully saturated rings. The molecule has 0 bridgehead atoms. The summed E-state index contributed by atoms with van der Waals surface area (Å²) in [7, 11) is 5.43. The number of rotatable bonds is 6. The molecule has 2 N–H and O–H groups in total. The monoisotopic (exact) mass is 327 g/mol. The Morgan fingerprint density at radius 1 is 0.958 bits per heavy atom. The van der Waals surface area contributed by atoms with Crippen molar-refractivity contribution in [1.29, 1.82) is 0 Å². The lowest BCUT2D eigenvalue weighted by atomic mass is 10.2. The first kappa shape index (κ1) is 17.3. The fraction of sp³-hybridized carbons (Fsp3) is 0.222. The lowest BCUT2D eigenvalue weighted by Gasteiger charge is -2.13. The molecular formula is C18H21N3O3. The first-order valence-electron chi connectivity index (χ1n) is 7.49. The van der Waals surface area contributed by atoms with E-state index in [2.05, 4.69) is 10.6 Å². The van der Waals surface area contributed by atoms with Crippen LogP contribution in [0, 0.1) is 0 Å². The van der Waals surface area contributed by atoms with Crippen molar-refractivity contribution in [2.24, 2.45) is 0 Å². The Labute approximate surface area is 141 Å².